The highest BCUT2D eigenvalue weighted by Gasteiger charge is 2.43. The third-order valence-electron chi connectivity index (χ3n) is 7.14. The molecule has 5 rings (SSSR count). The second-order valence-electron chi connectivity index (χ2n) is 10.6. The molecule has 0 N–H and O–H groups in total. The predicted octanol–water partition coefficient (Wildman–Crippen LogP) is 5.50. The standard InChI is InChI=1S/C23H31BrN6OSi/c1-23(2,3)32(4,5)31-16-10-19(29(12-16)22-11-20(24)25-14-26-22)18-13-30-21(27-18)9-8-17(28-30)15-6-7-15/h8-9,11,13-16,19H,6-7,10,12H2,1-5H3/t16?,19-/m1/s1. The molecular formula is C23H31BrN6OSi. The van der Waals surface area contributed by atoms with Crippen LogP contribution in [-0.2, 0) is 4.43 Å². The number of hydrogen-bond acceptors (Lipinski definition) is 6. The molecule has 7 nitrogen and oxygen atoms in total. The van der Waals surface area contributed by atoms with Gasteiger partial charge in [0.15, 0.2) is 14.0 Å². The maximum Gasteiger partial charge on any atom is 0.192 e. The number of aromatic nitrogens is 5. The molecule has 9 heteroatoms. The summed E-state index contributed by atoms with van der Waals surface area (Å²) in [5, 5.41) is 5.00. The van der Waals surface area contributed by atoms with Crippen LogP contribution in [-0.4, -0.2) is 45.5 Å². The van der Waals surface area contributed by atoms with Crippen LogP contribution in [0.25, 0.3) is 5.65 Å². The van der Waals surface area contributed by atoms with Crippen LogP contribution in [0.4, 0.5) is 5.82 Å². The lowest BCUT2D eigenvalue weighted by molar-refractivity contribution is 0.198. The normalized spacial score (nSPS) is 22.1. The molecule has 1 aliphatic carbocycles. The van der Waals surface area contributed by atoms with Crippen molar-refractivity contribution in [1.82, 2.24) is 24.6 Å². The summed E-state index contributed by atoms with van der Waals surface area (Å²) in [5.41, 5.74) is 3.08. The molecular weight excluding hydrogens is 484 g/mol. The van der Waals surface area contributed by atoms with Gasteiger partial charge >= 0.3 is 0 Å². The Bertz CT molecular complexity index is 1140. The highest BCUT2D eigenvalue weighted by atomic mass is 79.9. The number of fused-ring (bicyclic) bond motifs is 1. The van der Waals surface area contributed by atoms with Crippen molar-refractivity contribution in [3.05, 3.63) is 46.7 Å². The first-order chi connectivity index (χ1) is 15.1. The van der Waals surface area contributed by atoms with Crippen molar-refractivity contribution in [2.75, 3.05) is 11.4 Å². The summed E-state index contributed by atoms with van der Waals surface area (Å²) in [6.45, 7) is 12.3. The largest absolute Gasteiger partial charge is 0.412 e. The average molecular weight is 516 g/mol. The van der Waals surface area contributed by atoms with Crippen LogP contribution >= 0.6 is 15.9 Å². The SMILES string of the molecule is CC(C)(C)[Si](C)(C)OC1C[C@H](c2cn3nc(C4CC4)ccc3n2)N(c2cc(Br)ncn2)C1. The van der Waals surface area contributed by atoms with E-state index in [9.17, 15) is 0 Å². The minimum Gasteiger partial charge on any atom is -0.412 e. The number of halogens is 1. The quantitative estimate of drug-likeness (QED) is 0.330. The van der Waals surface area contributed by atoms with Gasteiger partial charge in [-0.3, -0.25) is 0 Å². The maximum absolute atomic E-state index is 6.82. The van der Waals surface area contributed by atoms with E-state index in [1.165, 1.54) is 18.5 Å². The van der Waals surface area contributed by atoms with Gasteiger partial charge in [0.2, 0.25) is 0 Å². The molecule has 1 saturated heterocycles. The fraction of sp³-hybridized carbons (Fsp3) is 0.565. The minimum atomic E-state index is -1.89. The van der Waals surface area contributed by atoms with E-state index in [0.717, 1.165) is 34.7 Å². The van der Waals surface area contributed by atoms with Crippen molar-refractivity contribution >= 4 is 35.7 Å². The number of anilines is 1. The van der Waals surface area contributed by atoms with Gasteiger partial charge in [0.1, 0.15) is 16.7 Å². The summed E-state index contributed by atoms with van der Waals surface area (Å²) in [5.74, 6) is 1.51. The lowest BCUT2D eigenvalue weighted by Crippen LogP contribution is -2.44. The zero-order valence-electron chi connectivity index (χ0n) is 19.4. The highest BCUT2D eigenvalue weighted by molar-refractivity contribution is 9.10. The van der Waals surface area contributed by atoms with Crippen LogP contribution in [0.5, 0.6) is 0 Å². The zero-order chi connectivity index (χ0) is 22.7. The van der Waals surface area contributed by atoms with Gasteiger partial charge in [-0.25, -0.2) is 19.5 Å². The van der Waals surface area contributed by atoms with E-state index in [2.05, 4.69) is 83.0 Å². The fourth-order valence-electron chi connectivity index (χ4n) is 4.16. The lowest BCUT2D eigenvalue weighted by atomic mass is 10.1. The van der Waals surface area contributed by atoms with E-state index in [1.807, 2.05) is 10.6 Å². The first-order valence-corrected chi connectivity index (χ1v) is 15.1. The zero-order valence-corrected chi connectivity index (χ0v) is 22.0. The summed E-state index contributed by atoms with van der Waals surface area (Å²) in [4.78, 5) is 16.0. The Morgan fingerprint density at radius 2 is 1.91 bits per heavy atom. The Labute approximate surface area is 198 Å². The van der Waals surface area contributed by atoms with Gasteiger partial charge in [0.25, 0.3) is 0 Å². The van der Waals surface area contributed by atoms with Crippen molar-refractivity contribution in [3.8, 4) is 0 Å². The van der Waals surface area contributed by atoms with Crippen LogP contribution in [0.1, 0.15) is 63.4 Å². The highest BCUT2D eigenvalue weighted by Crippen LogP contribution is 2.43. The van der Waals surface area contributed by atoms with E-state index in [4.69, 9.17) is 14.5 Å². The third kappa shape index (κ3) is 4.22. The van der Waals surface area contributed by atoms with Crippen molar-refractivity contribution < 1.29 is 4.43 Å². The van der Waals surface area contributed by atoms with Crippen LogP contribution in [0.2, 0.25) is 18.1 Å². The van der Waals surface area contributed by atoms with Gasteiger partial charge < -0.3 is 9.33 Å². The average Bonchev–Trinajstić information content (AvgIpc) is 3.34. The van der Waals surface area contributed by atoms with Gasteiger partial charge in [-0.1, -0.05) is 20.8 Å². The van der Waals surface area contributed by atoms with Crippen molar-refractivity contribution in [3.63, 3.8) is 0 Å². The molecule has 0 aromatic carbocycles. The molecule has 2 fully saturated rings. The summed E-state index contributed by atoms with van der Waals surface area (Å²) >= 11 is 3.50. The number of imidazole rings is 1. The Hall–Kier alpha value is -1.84. The summed E-state index contributed by atoms with van der Waals surface area (Å²) in [6.07, 6.45) is 7.19. The van der Waals surface area contributed by atoms with E-state index in [-0.39, 0.29) is 17.2 Å². The van der Waals surface area contributed by atoms with E-state index in [0.29, 0.717) is 5.92 Å². The summed E-state index contributed by atoms with van der Waals surface area (Å²) in [6, 6.07) is 6.27. The molecule has 4 heterocycles. The molecule has 170 valence electrons. The van der Waals surface area contributed by atoms with Gasteiger partial charge in [0.05, 0.1) is 29.7 Å². The van der Waals surface area contributed by atoms with Crippen molar-refractivity contribution in [2.45, 2.75) is 76.2 Å². The smallest absolute Gasteiger partial charge is 0.192 e. The molecule has 0 radical (unpaired) electrons. The molecule has 2 aliphatic rings. The van der Waals surface area contributed by atoms with Crippen molar-refractivity contribution in [1.29, 1.82) is 0 Å². The monoisotopic (exact) mass is 514 g/mol. The fourth-order valence-corrected chi connectivity index (χ4v) is 5.82. The molecule has 1 saturated carbocycles. The van der Waals surface area contributed by atoms with Crippen molar-refractivity contribution in [2.24, 2.45) is 0 Å². The second-order valence-corrected chi connectivity index (χ2v) is 16.2. The molecule has 3 aromatic rings. The van der Waals surface area contributed by atoms with Gasteiger partial charge in [-0.15, -0.1) is 0 Å². The molecule has 32 heavy (non-hydrogen) atoms. The second kappa shape index (κ2) is 7.88. The van der Waals surface area contributed by atoms with Gasteiger partial charge in [-0.2, -0.15) is 5.10 Å². The Morgan fingerprint density at radius 1 is 1.12 bits per heavy atom. The van der Waals surface area contributed by atoms with E-state index in [1.54, 1.807) is 6.33 Å². The molecule has 0 bridgehead atoms. The lowest BCUT2D eigenvalue weighted by Gasteiger charge is -2.38. The molecule has 0 spiro atoms. The molecule has 1 aliphatic heterocycles. The number of hydrogen-bond donors (Lipinski definition) is 0. The van der Waals surface area contributed by atoms with E-state index >= 15 is 0 Å². The first kappa shape index (κ1) is 22.0. The third-order valence-corrected chi connectivity index (χ3v) is 12.1. The minimum absolute atomic E-state index is 0.0812. The van der Waals surface area contributed by atoms with Crippen LogP contribution in [0.15, 0.2) is 35.3 Å². The molecule has 2 atom stereocenters. The van der Waals surface area contributed by atoms with E-state index < -0.39 is 8.32 Å². The molecule has 3 aromatic heterocycles. The topological polar surface area (TPSA) is 68.4 Å². The summed E-state index contributed by atoms with van der Waals surface area (Å²) in [7, 11) is -1.89. The van der Waals surface area contributed by atoms with Crippen LogP contribution in [0.3, 0.4) is 0 Å². The summed E-state index contributed by atoms with van der Waals surface area (Å²) < 4.78 is 9.54. The molecule has 1 unspecified atom stereocenters. The maximum atomic E-state index is 6.82. The Kier molecular flexibility index (Phi) is 5.41. The predicted molar refractivity (Wildman–Crippen MR) is 131 cm³/mol. The number of nitrogens with zero attached hydrogens (tertiary/aromatic N) is 6. The Morgan fingerprint density at radius 3 is 2.59 bits per heavy atom. The van der Waals surface area contributed by atoms with Crippen LogP contribution < -0.4 is 4.90 Å². The molecule has 0 amide bonds. The Balaban J connectivity index is 1.48. The first-order valence-electron chi connectivity index (χ1n) is 11.4. The van der Waals surface area contributed by atoms with Crippen LogP contribution in [0, 0.1) is 0 Å². The van der Waals surface area contributed by atoms with Gasteiger partial charge in [-0.05, 0) is 59.0 Å². The number of rotatable bonds is 5. The van der Waals surface area contributed by atoms with Gasteiger partial charge in [0, 0.05) is 24.9 Å².